The number of nitro benzene ring substituents is 1. The Balaban J connectivity index is 1.64. The molecule has 3 heterocycles. The average molecular weight is 650 g/mol. The number of carbonyl (C=O) groups excluding carboxylic acids is 1. The summed E-state index contributed by atoms with van der Waals surface area (Å²) in [5.41, 5.74) is 0.980. The van der Waals surface area contributed by atoms with E-state index in [0.29, 0.717) is 38.8 Å². The number of hydrogen-bond acceptors (Lipinski definition) is 12. The Kier molecular flexibility index (Phi) is 9.01. The zero-order valence-corrected chi connectivity index (χ0v) is 26.4. The first-order chi connectivity index (χ1) is 21.5. The van der Waals surface area contributed by atoms with Crippen LogP contribution in [0.4, 0.5) is 5.69 Å². The standard InChI is InChI=1S/C30H27N5O8S2/c1-6-43-28(38)25-16(3)32-30-34(26(25)18-8-9-20(41-4)21(14-18)42-5)27(37)23(45-30)13-17-7-10-22(19(12-17)35(39)40)44-29-31-15(2)11-24(36)33-29/h7-14,26H,6H2,1-5H3,(H,31,33,36)/b23-13+/t26-/m0/s1. The molecule has 0 saturated heterocycles. The van der Waals surface area contributed by atoms with E-state index in [1.165, 1.54) is 43.1 Å². The number of thiazole rings is 1. The highest BCUT2D eigenvalue weighted by molar-refractivity contribution is 7.99. The molecule has 2 aromatic heterocycles. The normalized spacial score (nSPS) is 14.5. The van der Waals surface area contributed by atoms with Gasteiger partial charge >= 0.3 is 5.97 Å². The SMILES string of the molecule is CCOC(=O)C1=C(C)N=c2s/c(=C/c3ccc(Sc4nc(C)cc(=O)[nH]4)c([N+](=O)[O-])c3)c(=O)n2[C@H]1c1ccc(OC)c(OC)c1. The molecule has 0 spiro atoms. The zero-order valence-electron chi connectivity index (χ0n) is 24.8. The van der Waals surface area contributed by atoms with Gasteiger partial charge in [-0.2, -0.15) is 0 Å². The summed E-state index contributed by atoms with van der Waals surface area (Å²) < 4.78 is 17.8. The van der Waals surface area contributed by atoms with Crippen LogP contribution in [-0.2, 0) is 9.53 Å². The molecule has 0 radical (unpaired) electrons. The number of methoxy groups -OCH3 is 2. The van der Waals surface area contributed by atoms with Crippen molar-refractivity contribution in [2.24, 2.45) is 4.99 Å². The van der Waals surface area contributed by atoms with Gasteiger partial charge in [0.2, 0.25) is 0 Å². The maximum Gasteiger partial charge on any atom is 0.338 e. The number of nitrogens with zero attached hydrogens (tertiary/aromatic N) is 4. The van der Waals surface area contributed by atoms with Crippen LogP contribution in [0.15, 0.2) is 78.4 Å². The van der Waals surface area contributed by atoms with Crippen molar-refractivity contribution in [3.8, 4) is 11.5 Å². The Hall–Kier alpha value is -5.02. The maximum absolute atomic E-state index is 14.0. The Bertz CT molecular complexity index is 2120. The minimum absolute atomic E-state index is 0.127. The topological polar surface area (TPSA) is 168 Å². The van der Waals surface area contributed by atoms with Crippen molar-refractivity contribution in [1.82, 2.24) is 14.5 Å². The van der Waals surface area contributed by atoms with Gasteiger partial charge in [0.15, 0.2) is 21.5 Å². The highest BCUT2D eigenvalue weighted by Crippen LogP contribution is 2.36. The predicted molar refractivity (Wildman–Crippen MR) is 167 cm³/mol. The smallest absolute Gasteiger partial charge is 0.338 e. The molecule has 1 aliphatic heterocycles. The number of hydrogen-bond donors (Lipinski definition) is 1. The summed E-state index contributed by atoms with van der Waals surface area (Å²) in [5, 5.41) is 12.2. The molecule has 0 unspecified atom stereocenters. The number of fused-ring (bicyclic) bond motifs is 1. The molecule has 0 amide bonds. The van der Waals surface area contributed by atoms with Crippen molar-refractivity contribution in [2.75, 3.05) is 20.8 Å². The number of ether oxygens (including phenoxy) is 3. The molecule has 1 aliphatic rings. The van der Waals surface area contributed by atoms with Crippen molar-refractivity contribution >= 4 is 40.8 Å². The number of nitrogens with one attached hydrogen (secondary N) is 1. The molecule has 0 saturated carbocycles. The minimum atomic E-state index is -0.889. The number of allylic oxidation sites excluding steroid dienone is 1. The third-order valence-corrected chi connectivity index (χ3v) is 8.71. The van der Waals surface area contributed by atoms with Crippen LogP contribution in [0.25, 0.3) is 6.08 Å². The van der Waals surface area contributed by atoms with Crippen molar-refractivity contribution in [3.05, 3.63) is 111 Å². The van der Waals surface area contributed by atoms with Gasteiger partial charge in [-0.1, -0.05) is 23.5 Å². The molecule has 1 N–H and O–H groups in total. The van der Waals surface area contributed by atoms with Crippen molar-refractivity contribution in [1.29, 1.82) is 0 Å². The summed E-state index contributed by atoms with van der Waals surface area (Å²) >= 11 is 2.04. The highest BCUT2D eigenvalue weighted by Gasteiger charge is 2.34. The fourth-order valence-corrected chi connectivity index (χ4v) is 6.81. The Morgan fingerprint density at radius 1 is 1.13 bits per heavy atom. The summed E-state index contributed by atoms with van der Waals surface area (Å²) in [5.74, 6) is 0.269. The van der Waals surface area contributed by atoms with Crippen molar-refractivity contribution in [2.45, 2.75) is 36.9 Å². The molecule has 2 aromatic carbocycles. The third kappa shape index (κ3) is 6.30. The van der Waals surface area contributed by atoms with Crippen molar-refractivity contribution < 1.29 is 23.9 Å². The molecule has 4 aromatic rings. The van der Waals surface area contributed by atoms with Crippen LogP contribution in [0.2, 0.25) is 0 Å². The lowest BCUT2D eigenvalue weighted by Crippen LogP contribution is -2.40. The fraction of sp³-hybridized carbons (Fsp3) is 0.233. The lowest BCUT2D eigenvalue weighted by atomic mass is 9.95. The van der Waals surface area contributed by atoms with E-state index in [1.54, 1.807) is 45.0 Å². The highest BCUT2D eigenvalue weighted by atomic mass is 32.2. The summed E-state index contributed by atoms with van der Waals surface area (Å²) in [4.78, 5) is 62.4. The number of esters is 1. The number of benzene rings is 2. The summed E-state index contributed by atoms with van der Waals surface area (Å²) in [7, 11) is 2.99. The number of aromatic nitrogens is 3. The van der Waals surface area contributed by atoms with Crippen LogP contribution < -0.4 is 29.9 Å². The number of H-pyrrole nitrogens is 1. The van der Waals surface area contributed by atoms with Crippen LogP contribution >= 0.6 is 23.1 Å². The lowest BCUT2D eigenvalue weighted by Gasteiger charge is -2.25. The summed E-state index contributed by atoms with van der Waals surface area (Å²) in [6, 6.07) is 10.0. The van der Waals surface area contributed by atoms with E-state index in [-0.39, 0.29) is 38.0 Å². The molecule has 232 valence electrons. The van der Waals surface area contributed by atoms with E-state index in [9.17, 15) is 24.5 Å². The van der Waals surface area contributed by atoms with Crippen molar-refractivity contribution in [3.63, 3.8) is 0 Å². The third-order valence-electron chi connectivity index (χ3n) is 6.77. The Morgan fingerprint density at radius 2 is 1.89 bits per heavy atom. The molecule has 1 atom stereocenters. The Morgan fingerprint density at radius 3 is 2.56 bits per heavy atom. The average Bonchev–Trinajstić information content (AvgIpc) is 3.29. The molecule has 0 bridgehead atoms. The quantitative estimate of drug-likeness (QED) is 0.123. The monoisotopic (exact) mass is 649 g/mol. The van der Waals surface area contributed by atoms with Gasteiger partial charge in [0, 0.05) is 17.8 Å². The first-order valence-electron chi connectivity index (χ1n) is 13.5. The number of nitro groups is 1. The second kappa shape index (κ2) is 12.9. The predicted octanol–water partition coefficient (Wildman–Crippen LogP) is 3.27. The molecule has 0 fully saturated rings. The lowest BCUT2D eigenvalue weighted by molar-refractivity contribution is -0.387. The van der Waals surface area contributed by atoms with E-state index >= 15 is 0 Å². The van der Waals surface area contributed by atoms with E-state index in [1.807, 2.05) is 0 Å². The number of carbonyl (C=O) groups is 1. The second-order valence-electron chi connectivity index (χ2n) is 9.69. The number of aryl methyl sites for hydroxylation is 1. The van der Waals surface area contributed by atoms with Crippen LogP contribution in [0.5, 0.6) is 11.5 Å². The van der Waals surface area contributed by atoms with Gasteiger partial charge in [0.05, 0.1) is 52.5 Å². The van der Waals surface area contributed by atoms with Gasteiger partial charge < -0.3 is 19.2 Å². The van der Waals surface area contributed by atoms with E-state index in [4.69, 9.17) is 14.2 Å². The zero-order chi connectivity index (χ0) is 32.4. The van der Waals surface area contributed by atoms with Crippen LogP contribution in [-0.4, -0.2) is 46.3 Å². The Labute approximate surface area is 263 Å². The first kappa shape index (κ1) is 31.4. The van der Waals surface area contributed by atoms with E-state index < -0.39 is 22.5 Å². The number of aromatic amines is 1. The summed E-state index contributed by atoms with van der Waals surface area (Å²) in [6.45, 7) is 5.14. The number of rotatable bonds is 9. The second-order valence-corrected chi connectivity index (χ2v) is 11.7. The summed E-state index contributed by atoms with van der Waals surface area (Å²) in [6.07, 6.45) is 1.53. The van der Waals surface area contributed by atoms with Gasteiger partial charge in [-0.3, -0.25) is 24.3 Å². The molecule has 5 rings (SSSR count). The molecule has 15 heteroatoms. The van der Waals surface area contributed by atoms with Gasteiger partial charge in [-0.25, -0.2) is 14.8 Å². The van der Waals surface area contributed by atoms with Crippen LogP contribution in [0, 0.1) is 17.0 Å². The minimum Gasteiger partial charge on any atom is -0.493 e. The fourth-order valence-electron chi connectivity index (χ4n) is 4.84. The van der Waals surface area contributed by atoms with Crippen LogP contribution in [0.3, 0.4) is 0 Å². The van der Waals surface area contributed by atoms with Crippen LogP contribution in [0.1, 0.15) is 36.7 Å². The molecule has 0 aliphatic carbocycles. The van der Waals surface area contributed by atoms with E-state index in [2.05, 4.69) is 15.0 Å². The van der Waals surface area contributed by atoms with Gasteiger partial charge in [0.1, 0.15) is 0 Å². The maximum atomic E-state index is 14.0. The molecular weight excluding hydrogens is 622 g/mol. The van der Waals surface area contributed by atoms with Gasteiger partial charge in [-0.15, -0.1) is 0 Å². The van der Waals surface area contributed by atoms with Gasteiger partial charge in [0.25, 0.3) is 16.8 Å². The molecule has 13 nitrogen and oxygen atoms in total. The van der Waals surface area contributed by atoms with E-state index in [0.717, 1.165) is 23.1 Å². The largest absolute Gasteiger partial charge is 0.493 e. The molecular formula is C30H27N5O8S2. The molecule has 45 heavy (non-hydrogen) atoms. The first-order valence-corrected chi connectivity index (χ1v) is 15.1. The van der Waals surface area contributed by atoms with Gasteiger partial charge in [-0.05, 0) is 67.9 Å².